The number of amides is 1. The molecule has 0 spiro atoms. The standard InChI is InChI=1S/C22H19FN4OS/c1-14(26-27-22(28)13-24-17-9-7-16(23)8-10-17)15-6-11-21-19(12-15)25-18-4-2-3-5-20(18)29-21/h2-12,24-26H,1,13H2,(H,27,28). The number of hydrogen-bond acceptors (Lipinski definition) is 5. The first-order chi connectivity index (χ1) is 14.1. The van der Waals surface area contributed by atoms with Gasteiger partial charge in [-0.25, -0.2) is 4.39 Å². The molecule has 1 heterocycles. The van der Waals surface area contributed by atoms with Gasteiger partial charge in [0.05, 0.1) is 23.6 Å². The highest BCUT2D eigenvalue weighted by Crippen LogP contribution is 2.44. The van der Waals surface area contributed by atoms with E-state index >= 15 is 0 Å². The molecule has 4 N–H and O–H groups in total. The molecule has 1 aliphatic heterocycles. The van der Waals surface area contributed by atoms with Crippen molar-refractivity contribution in [3.63, 3.8) is 0 Å². The fourth-order valence-electron chi connectivity index (χ4n) is 2.84. The summed E-state index contributed by atoms with van der Waals surface area (Å²) >= 11 is 1.71. The lowest BCUT2D eigenvalue weighted by Crippen LogP contribution is -2.39. The van der Waals surface area contributed by atoms with Gasteiger partial charge in [-0.3, -0.25) is 15.6 Å². The fraction of sp³-hybridized carbons (Fsp3) is 0.0455. The number of hydrazine groups is 1. The van der Waals surface area contributed by atoms with E-state index < -0.39 is 0 Å². The first-order valence-electron chi connectivity index (χ1n) is 9.00. The Morgan fingerprint density at radius 2 is 1.72 bits per heavy atom. The SMILES string of the molecule is C=C(NNC(=O)CNc1ccc(F)cc1)c1ccc2c(c1)Nc1ccccc1S2. The summed E-state index contributed by atoms with van der Waals surface area (Å²) in [6, 6.07) is 19.9. The monoisotopic (exact) mass is 406 g/mol. The molecular formula is C22H19FN4OS. The molecule has 29 heavy (non-hydrogen) atoms. The zero-order chi connectivity index (χ0) is 20.2. The Hall–Kier alpha value is -3.45. The van der Waals surface area contributed by atoms with Gasteiger partial charge < -0.3 is 10.6 Å². The summed E-state index contributed by atoms with van der Waals surface area (Å²) in [5, 5.41) is 6.35. The molecule has 7 heteroatoms. The summed E-state index contributed by atoms with van der Waals surface area (Å²) < 4.78 is 12.9. The fourth-order valence-corrected chi connectivity index (χ4v) is 3.81. The third kappa shape index (κ3) is 4.52. The quantitative estimate of drug-likeness (QED) is 0.349. The van der Waals surface area contributed by atoms with E-state index in [1.54, 1.807) is 23.9 Å². The number of halogens is 1. The molecule has 0 saturated heterocycles. The third-order valence-corrected chi connectivity index (χ3v) is 5.51. The molecule has 4 rings (SSSR count). The van der Waals surface area contributed by atoms with Gasteiger partial charge in [0.2, 0.25) is 0 Å². The molecule has 0 aromatic heterocycles. The minimum absolute atomic E-state index is 0.0467. The molecule has 0 aliphatic carbocycles. The van der Waals surface area contributed by atoms with Gasteiger partial charge in [-0.15, -0.1) is 0 Å². The Bertz CT molecular complexity index is 1070. The van der Waals surface area contributed by atoms with Crippen molar-refractivity contribution in [3.8, 4) is 0 Å². The molecule has 0 atom stereocenters. The van der Waals surface area contributed by atoms with Crippen LogP contribution in [0.25, 0.3) is 5.70 Å². The molecule has 0 fully saturated rings. The summed E-state index contributed by atoms with van der Waals surface area (Å²) in [5.41, 5.74) is 9.62. The molecule has 3 aromatic rings. The summed E-state index contributed by atoms with van der Waals surface area (Å²) in [6.45, 7) is 4.04. The maximum Gasteiger partial charge on any atom is 0.257 e. The molecule has 1 aliphatic rings. The van der Waals surface area contributed by atoms with Gasteiger partial charge >= 0.3 is 0 Å². The minimum atomic E-state index is -0.320. The van der Waals surface area contributed by atoms with E-state index in [9.17, 15) is 9.18 Å². The number of benzene rings is 3. The number of nitrogens with one attached hydrogen (secondary N) is 4. The van der Waals surface area contributed by atoms with Crippen molar-refractivity contribution in [2.75, 3.05) is 17.2 Å². The zero-order valence-corrected chi connectivity index (χ0v) is 16.3. The van der Waals surface area contributed by atoms with Crippen LogP contribution in [0.4, 0.5) is 21.5 Å². The van der Waals surface area contributed by atoms with Crippen LogP contribution in [0.15, 0.2) is 83.1 Å². The average Bonchev–Trinajstić information content (AvgIpc) is 2.75. The largest absolute Gasteiger partial charge is 0.376 e. The second-order valence-electron chi connectivity index (χ2n) is 6.45. The highest BCUT2D eigenvalue weighted by molar-refractivity contribution is 7.99. The van der Waals surface area contributed by atoms with Crippen molar-refractivity contribution in [1.82, 2.24) is 10.9 Å². The van der Waals surface area contributed by atoms with E-state index in [0.717, 1.165) is 21.8 Å². The molecule has 0 unspecified atom stereocenters. The maximum absolute atomic E-state index is 12.9. The third-order valence-electron chi connectivity index (χ3n) is 4.35. The molecule has 5 nitrogen and oxygen atoms in total. The van der Waals surface area contributed by atoms with Crippen LogP contribution in [0, 0.1) is 5.82 Å². The molecule has 1 amide bonds. The Labute approximate surface area is 172 Å². The van der Waals surface area contributed by atoms with Crippen LogP contribution in [0.1, 0.15) is 5.56 Å². The van der Waals surface area contributed by atoms with Crippen molar-refractivity contribution in [2.24, 2.45) is 0 Å². The van der Waals surface area contributed by atoms with E-state index in [-0.39, 0.29) is 18.3 Å². The van der Waals surface area contributed by atoms with Gasteiger partial charge in [0, 0.05) is 21.0 Å². The Morgan fingerprint density at radius 1 is 0.966 bits per heavy atom. The molecule has 0 radical (unpaired) electrons. The lowest BCUT2D eigenvalue weighted by Gasteiger charge is -2.22. The lowest BCUT2D eigenvalue weighted by molar-refractivity contribution is -0.120. The number of carbonyl (C=O) groups excluding carboxylic acids is 1. The lowest BCUT2D eigenvalue weighted by atomic mass is 10.1. The zero-order valence-electron chi connectivity index (χ0n) is 15.5. The minimum Gasteiger partial charge on any atom is -0.376 e. The van der Waals surface area contributed by atoms with Crippen LogP contribution in [0.2, 0.25) is 0 Å². The molecule has 0 saturated carbocycles. The van der Waals surface area contributed by atoms with Crippen molar-refractivity contribution in [2.45, 2.75) is 9.79 Å². The van der Waals surface area contributed by atoms with Crippen molar-refractivity contribution < 1.29 is 9.18 Å². The van der Waals surface area contributed by atoms with Gasteiger partial charge in [-0.05, 0) is 48.5 Å². The predicted octanol–water partition coefficient (Wildman–Crippen LogP) is 4.74. The second-order valence-corrected chi connectivity index (χ2v) is 7.53. The topological polar surface area (TPSA) is 65.2 Å². The average molecular weight is 406 g/mol. The number of anilines is 3. The van der Waals surface area contributed by atoms with Gasteiger partial charge in [-0.2, -0.15) is 0 Å². The van der Waals surface area contributed by atoms with E-state index in [0.29, 0.717) is 11.4 Å². The van der Waals surface area contributed by atoms with Crippen LogP contribution < -0.4 is 21.5 Å². The molecular weight excluding hydrogens is 387 g/mol. The first kappa shape index (κ1) is 18.9. The normalized spacial score (nSPS) is 11.5. The smallest absolute Gasteiger partial charge is 0.257 e. The van der Waals surface area contributed by atoms with Crippen LogP contribution in [0.5, 0.6) is 0 Å². The predicted molar refractivity (Wildman–Crippen MR) is 115 cm³/mol. The first-order valence-corrected chi connectivity index (χ1v) is 9.82. The summed E-state index contributed by atoms with van der Waals surface area (Å²) in [6.07, 6.45) is 0. The van der Waals surface area contributed by atoms with Crippen LogP contribution in [-0.2, 0) is 4.79 Å². The number of rotatable bonds is 6. The summed E-state index contributed by atoms with van der Waals surface area (Å²) in [5.74, 6) is -0.588. The van der Waals surface area contributed by atoms with Crippen molar-refractivity contribution in [1.29, 1.82) is 0 Å². The number of carbonyl (C=O) groups is 1. The van der Waals surface area contributed by atoms with Gasteiger partial charge in [-0.1, -0.05) is 36.5 Å². The van der Waals surface area contributed by atoms with Gasteiger partial charge in [0.25, 0.3) is 5.91 Å². The van der Waals surface area contributed by atoms with Crippen LogP contribution in [-0.4, -0.2) is 12.5 Å². The Morgan fingerprint density at radius 3 is 2.55 bits per heavy atom. The number of hydrogen-bond donors (Lipinski definition) is 4. The number of para-hydroxylation sites is 1. The number of fused-ring (bicyclic) bond motifs is 2. The molecule has 146 valence electrons. The van der Waals surface area contributed by atoms with Gasteiger partial charge in [0.15, 0.2) is 0 Å². The molecule has 0 bridgehead atoms. The van der Waals surface area contributed by atoms with E-state index in [1.165, 1.54) is 17.0 Å². The summed E-state index contributed by atoms with van der Waals surface area (Å²) in [4.78, 5) is 14.3. The van der Waals surface area contributed by atoms with E-state index in [2.05, 4.69) is 34.1 Å². The van der Waals surface area contributed by atoms with Crippen molar-refractivity contribution >= 4 is 40.4 Å². The Kier molecular flexibility index (Phi) is 5.39. The second kappa shape index (κ2) is 8.28. The molecule has 3 aromatic carbocycles. The van der Waals surface area contributed by atoms with E-state index in [1.807, 2.05) is 36.4 Å². The highest BCUT2D eigenvalue weighted by Gasteiger charge is 2.16. The van der Waals surface area contributed by atoms with Gasteiger partial charge in [0.1, 0.15) is 5.82 Å². The maximum atomic E-state index is 12.9. The Balaban J connectivity index is 1.32. The van der Waals surface area contributed by atoms with E-state index in [4.69, 9.17) is 0 Å². The van der Waals surface area contributed by atoms with Crippen LogP contribution in [0.3, 0.4) is 0 Å². The highest BCUT2D eigenvalue weighted by atomic mass is 32.2. The van der Waals surface area contributed by atoms with Crippen molar-refractivity contribution in [3.05, 3.63) is 84.7 Å². The van der Waals surface area contributed by atoms with Crippen LogP contribution >= 0.6 is 11.8 Å². The summed E-state index contributed by atoms with van der Waals surface area (Å²) in [7, 11) is 0.